The highest BCUT2D eigenvalue weighted by Crippen LogP contribution is 2.31. The van der Waals surface area contributed by atoms with E-state index in [1.165, 1.54) is 44.5 Å². The molecule has 1 atom stereocenters. The summed E-state index contributed by atoms with van der Waals surface area (Å²) in [7, 11) is 0. The van der Waals surface area contributed by atoms with Crippen LogP contribution in [0.1, 0.15) is 43.9 Å². The topological polar surface area (TPSA) is 15.3 Å². The van der Waals surface area contributed by atoms with Crippen molar-refractivity contribution in [2.24, 2.45) is 5.41 Å². The van der Waals surface area contributed by atoms with Crippen LogP contribution in [0.2, 0.25) is 0 Å². The van der Waals surface area contributed by atoms with Gasteiger partial charge in [0, 0.05) is 12.6 Å². The van der Waals surface area contributed by atoms with Crippen molar-refractivity contribution < 1.29 is 0 Å². The van der Waals surface area contributed by atoms with Gasteiger partial charge >= 0.3 is 0 Å². The number of hydrogen-bond donors (Lipinski definition) is 1. The Bertz CT molecular complexity index is 429. The first-order valence-electron chi connectivity index (χ1n) is 7.68. The van der Waals surface area contributed by atoms with E-state index in [0.717, 1.165) is 6.54 Å². The molecule has 2 heteroatoms. The molecule has 1 aromatic carbocycles. The van der Waals surface area contributed by atoms with Crippen molar-refractivity contribution in [3.05, 3.63) is 35.4 Å². The van der Waals surface area contributed by atoms with E-state index in [-0.39, 0.29) is 0 Å². The molecule has 0 spiro atoms. The van der Waals surface area contributed by atoms with Crippen LogP contribution in [0.3, 0.4) is 0 Å². The highest BCUT2D eigenvalue weighted by Gasteiger charge is 2.28. The molecule has 2 aliphatic heterocycles. The standard InChI is InChI=1S/C17H26N2/c1-17(2)8-11-19(12-9-17)13-16-15-6-4-3-5-14(15)7-10-18-16/h3-6,16,18H,7-13H2,1-2H3. The molecule has 2 nitrogen and oxygen atoms in total. The molecule has 0 aliphatic carbocycles. The summed E-state index contributed by atoms with van der Waals surface area (Å²) in [5, 5.41) is 3.70. The van der Waals surface area contributed by atoms with Gasteiger partial charge < -0.3 is 10.2 Å². The van der Waals surface area contributed by atoms with Crippen LogP contribution < -0.4 is 5.32 Å². The predicted molar refractivity (Wildman–Crippen MR) is 80.3 cm³/mol. The van der Waals surface area contributed by atoms with Crippen molar-refractivity contribution in [1.29, 1.82) is 0 Å². The molecule has 1 N–H and O–H groups in total. The monoisotopic (exact) mass is 258 g/mol. The minimum atomic E-state index is 0.533. The lowest BCUT2D eigenvalue weighted by molar-refractivity contribution is 0.121. The summed E-state index contributed by atoms with van der Waals surface area (Å²) in [6.07, 6.45) is 3.85. The van der Waals surface area contributed by atoms with Crippen molar-refractivity contribution in [1.82, 2.24) is 10.2 Å². The van der Waals surface area contributed by atoms with Gasteiger partial charge in [-0.15, -0.1) is 0 Å². The SMILES string of the molecule is CC1(C)CCN(CC2NCCc3ccccc32)CC1. The molecule has 104 valence electrons. The molecule has 2 aliphatic rings. The molecule has 2 heterocycles. The second-order valence-electron chi connectivity index (χ2n) is 6.92. The Labute approximate surface area is 117 Å². The molecule has 0 saturated carbocycles. The molecule has 1 fully saturated rings. The number of hydrogen-bond acceptors (Lipinski definition) is 2. The lowest BCUT2D eigenvalue weighted by atomic mass is 9.82. The lowest BCUT2D eigenvalue weighted by Gasteiger charge is -2.39. The minimum Gasteiger partial charge on any atom is -0.309 e. The maximum absolute atomic E-state index is 3.70. The summed E-state index contributed by atoms with van der Waals surface area (Å²) >= 11 is 0. The average Bonchev–Trinajstić information content (AvgIpc) is 2.42. The summed E-state index contributed by atoms with van der Waals surface area (Å²) in [4.78, 5) is 2.64. The summed E-state index contributed by atoms with van der Waals surface area (Å²) in [5.74, 6) is 0. The normalized spacial score (nSPS) is 26.9. The first-order valence-corrected chi connectivity index (χ1v) is 7.68. The van der Waals surface area contributed by atoms with E-state index in [1.54, 1.807) is 5.56 Å². The Balaban J connectivity index is 1.65. The Morgan fingerprint density at radius 2 is 1.95 bits per heavy atom. The van der Waals surface area contributed by atoms with Crippen molar-refractivity contribution in [3.63, 3.8) is 0 Å². The molecule has 1 saturated heterocycles. The van der Waals surface area contributed by atoms with E-state index in [9.17, 15) is 0 Å². The zero-order valence-electron chi connectivity index (χ0n) is 12.3. The van der Waals surface area contributed by atoms with Crippen molar-refractivity contribution in [2.45, 2.75) is 39.2 Å². The molecule has 3 rings (SSSR count). The average molecular weight is 258 g/mol. The Hall–Kier alpha value is -0.860. The molecule has 0 amide bonds. The zero-order valence-corrected chi connectivity index (χ0v) is 12.3. The summed E-state index contributed by atoms with van der Waals surface area (Å²) < 4.78 is 0. The fraction of sp³-hybridized carbons (Fsp3) is 0.647. The van der Waals surface area contributed by atoms with Gasteiger partial charge in [0.2, 0.25) is 0 Å². The van der Waals surface area contributed by atoms with Crippen molar-refractivity contribution in [2.75, 3.05) is 26.2 Å². The van der Waals surface area contributed by atoms with E-state index in [0.29, 0.717) is 11.5 Å². The molecule has 0 aromatic heterocycles. The molecule has 1 aromatic rings. The van der Waals surface area contributed by atoms with Crippen LogP contribution in [0.5, 0.6) is 0 Å². The highest BCUT2D eigenvalue weighted by molar-refractivity contribution is 5.32. The number of likely N-dealkylation sites (tertiary alicyclic amines) is 1. The van der Waals surface area contributed by atoms with Crippen molar-refractivity contribution >= 4 is 0 Å². The second-order valence-corrected chi connectivity index (χ2v) is 6.92. The Morgan fingerprint density at radius 1 is 1.21 bits per heavy atom. The molecule has 1 unspecified atom stereocenters. The number of nitrogens with one attached hydrogen (secondary N) is 1. The van der Waals surface area contributed by atoms with E-state index in [2.05, 4.69) is 48.3 Å². The summed E-state index contributed by atoms with van der Waals surface area (Å²) in [6.45, 7) is 9.62. The fourth-order valence-electron chi connectivity index (χ4n) is 3.35. The fourth-order valence-corrected chi connectivity index (χ4v) is 3.35. The number of rotatable bonds is 2. The van der Waals surface area contributed by atoms with Crippen LogP contribution in [-0.4, -0.2) is 31.1 Å². The van der Waals surface area contributed by atoms with Gasteiger partial charge in [0.05, 0.1) is 0 Å². The van der Waals surface area contributed by atoms with Crippen LogP contribution in [0.25, 0.3) is 0 Å². The van der Waals surface area contributed by atoms with E-state index >= 15 is 0 Å². The number of piperidine rings is 1. The largest absolute Gasteiger partial charge is 0.309 e. The van der Waals surface area contributed by atoms with Crippen LogP contribution in [0, 0.1) is 5.41 Å². The third-order valence-corrected chi connectivity index (χ3v) is 4.87. The van der Waals surface area contributed by atoms with Gasteiger partial charge in [-0.1, -0.05) is 38.1 Å². The van der Waals surface area contributed by atoms with Gasteiger partial charge in [-0.05, 0) is 55.4 Å². The first-order chi connectivity index (χ1) is 9.14. The van der Waals surface area contributed by atoms with Gasteiger partial charge in [-0.25, -0.2) is 0 Å². The quantitative estimate of drug-likeness (QED) is 0.877. The third kappa shape index (κ3) is 3.01. The Kier molecular flexibility index (Phi) is 3.64. The maximum atomic E-state index is 3.70. The van der Waals surface area contributed by atoms with Gasteiger partial charge in [0.15, 0.2) is 0 Å². The van der Waals surface area contributed by atoms with Crippen LogP contribution >= 0.6 is 0 Å². The van der Waals surface area contributed by atoms with Crippen LogP contribution in [0.15, 0.2) is 24.3 Å². The van der Waals surface area contributed by atoms with E-state index in [4.69, 9.17) is 0 Å². The van der Waals surface area contributed by atoms with Crippen LogP contribution in [0.4, 0.5) is 0 Å². The predicted octanol–water partition coefficient (Wildman–Crippen LogP) is 3.00. The van der Waals surface area contributed by atoms with Gasteiger partial charge in [0.25, 0.3) is 0 Å². The number of benzene rings is 1. The molecule has 19 heavy (non-hydrogen) atoms. The zero-order chi connectivity index (χ0) is 13.3. The molecule has 0 radical (unpaired) electrons. The van der Waals surface area contributed by atoms with Gasteiger partial charge in [0.1, 0.15) is 0 Å². The molecular weight excluding hydrogens is 232 g/mol. The lowest BCUT2D eigenvalue weighted by Crippen LogP contribution is -2.43. The molecular formula is C17H26N2. The highest BCUT2D eigenvalue weighted by atomic mass is 15.2. The first kappa shape index (κ1) is 13.1. The smallest absolute Gasteiger partial charge is 0.0452 e. The van der Waals surface area contributed by atoms with Crippen molar-refractivity contribution in [3.8, 4) is 0 Å². The second kappa shape index (κ2) is 5.26. The van der Waals surface area contributed by atoms with E-state index < -0.39 is 0 Å². The summed E-state index contributed by atoms with van der Waals surface area (Å²) in [5.41, 5.74) is 3.62. The molecule has 0 bridgehead atoms. The van der Waals surface area contributed by atoms with Gasteiger partial charge in [-0.3, -0.25) is 0 Å². The van der Waals surface area contributed by atoms with Crippen LogP contribution in [-0.2, 0) is 6.42 Å². The maximum Gasteiger partial charge on any atom is 0.0452 e. The number of nitrogens with zero attached hydrogens (tertiary/aromatic N) is 1. The third-order valence-electron chi connectivity index (χ3n) is 4.87. The minimum absolute atomic E-state index is 0.533. The summed E-state index contributed by atoms with van der Waals surface area (Å²) in [6, 6.07) is 9.48. The number of fused-ring (bicyclic) bond motifs is 1. The van der Waals surface area contributed by atoms with E-state index in [1.807, 2.05) is 0 Å². The van der Waals surface area contributed by atoms with Gasteiger partial charge in [-0.2, -0.15) is 0 Å². The Morgan fingerprint density at radius 3 is 2.74 bits per heavy atom.